The fraction of sp³-hybridized carbons (Fsp3) is 0.250. The summed E-state index contributed by atoms with van der Waals surface area (Å²) < 4.78 is 34.1. The Kier molecular flexibility index (Phi) is 5.25. The van der Waals surface area contributed by atoms with Crippen LogP contribution < -0.4 is 4.74 Å². The third-order valence-electron chi connectivity index (χ3n) is 4.13. The first-order valence-corrected chi connectivity index (χ1v) is 10.1. The predicted octanol–water partition coefficient (Wildman–Crippen LogP) is 3.64. The van der Waals surface area contributed by atoms with Crippen molar-refractivity contribution in [2.24, 2.45) is 0 Å². The van der Waals surface area contributed by atoms with E-state index in [0.717, 1.165) is 27.7 Å². The maximum absolute atomic E-state index is 11.6. The van der Waals surface area contributed by atoms with Crippen LogP contribution in [-0.2, 0) is 14.6 Å². The first kappa shape index (κ1) is 18.4. The summed E-state index contributed by atoms with van der Waals surface area (Å²) in [7, 11) is -1.58. The molecule has 3 rings (SSSR count). The highest BCUT2D eigenvalue weighted by atomic mass is 32.2. The van der Waals surface area contributed by atoms with Gasteiger partial charge in [0, 0.05) is 24.3 Å². The summed E-state index contributed by atoms with van der Waals surface area (Å²) in [5, 5.41) is 1.02. The minimum absolute atomic E-state index is 0.294. The Bertz CT molecular complexity index is 1030. The average Bonchev–Trinajstić information content (AvgIpc) is 2.62. The van der Waals surface area contributed by atoms with E-state index in [-0.39, 0.29) is 0 Å². The van der Waals surface area contributed by atoms with Crippen LogP contribution in [0.5, 0.6) is 5.75 Å². The van der Waals surface area contributed by atoms with Crippen molar-refractivity contribution in [2.45, 2.75) is 11.8 Å². The third kappa shape index (κ3) is 3.86. The van der Waals surface area contributed by atoms with Crippen molar-refractivity contribution in [1.82, 2.24) is 4.98 Å². The zero-order chi connectivity index (χ0) is 18.7. The zero-order valence-corrected chi connectivity index (χ0v) is 15.8. The molecule has 0 saturated carbocycles. The van der Waals surface area contributed by atoms with E-state index < -0.39 is 9.84 Å². The molecule has 0 amide bonds. The van der Waals surface area contributed by atoms with Crippen LogP contribution >= 0.6 is 0 Å². The van der Waals surface area contributed by atoms with Gasteiger partial charge in [0.05, 0.1) is 17.2 Å². The predicted molar refractivity (Wildman–Crippen MR) is 102 cm³/mol. The van der Waals surface area contributed by atoms with Gasteiger partial charge in [0.2, 0.25) is 0 Å². The first-order valence-electron chi connectivity index (χ1n) is 8.23. The fourth-order valence-corrected chi connectivity index (χ4v) is 3.39. The molecule has 0 bridgehead atoms. The molecule has 5 nitrogen and oxygen atoms in total. The van der Waals surface area contributed by atoms with Crippen LogP contribution in [0.2, 0.25) is 0 Å². The van der Waals surface area contributed by atoms with Crippen molar-refractivity contribution in [3.63, 3.8) is 0 Å². The maximum atomic E-state index is 11.6. The number of pyridine rings is 1. The number of aromatic nitrogens is 1. The van der Waals surface area contributed by atoms with Crippen molar-refractivity contribution < 1.29 is 17.9 Å². The van der Waals surface area contributed by atoms with Crippen molar-refractivity contribution in [2.75, 3.05) is 26.6 Å². The number of aryl methyl sites for hydroxylation is 1. The quantitative estimate of drug-likeness (QED) is 0.619. The third-order valence-corrected chi connectivity index (χ3v) is 5.26. The summed E-state index contributed by atoms with van der Waals surface area (Å²) in [6.45, 7) is 2.98. The first-order chi connectivity index (χ1) is 12.4. The Balaban J connectivity index is 2.05. The molecule has 26 heavy (non-hydrogen) atoms. The summed E-state index contributed by atoms with van der Waals surface area (Å²) in [6.07, 6.45) is 1.20. The summed E-state index contributed by atoms with van der Waals surface area (Å²) in [5.41, 5.74) is 3.49. The Labute approximate surface area is 153 Å². The van der Waals surface area contributed by atoms with Gasteiger partial charge in [-0.3, -0.25) is 0 Å². The largest absolute Gasteiger partial charge is 0.489 e. The monoisotopic (exact) mass is 371 g/mol. The summed E-state index contributed by atoms with van der Waals surface area (Å²) in [6, 6.07) is 14.6. The second kappa shape index (κ2) is 7.43. The highest BCUT2D eigenvalue weighted by molar-refractivity contribution is 7.90. The molecule has 136 valence electrons. The van der Waals surface area contributed by atoms with Crippen LogP contribution in [0.1, 0.15) is 5.56 Å². The lowest BCUT2D eigenvalue weighted by Gasteiger charge is -2.12. The molecule has 0 saturated heterocycles. The number of hydrogen-bond donors (Lipinski definition) is 0. The number of ether oxygens (including phenoxy) is 2. The van der Waals surface area contributed by atoms with Gasteiger partial charge in [-0.05, 0) is 36.8 Å². The lowest BCUT2D eigenvalue weighted by Crippen LogP contribution is -2.05. The molecule has 0 radical (unpaired) electrons. The van der Waals surface area contributed by atoms with E-state index in [1.54, 1.807) is 31.4 Å². The number of benzene rings is 2. The number of hydrogen-bond acceptors (Lipinski definition) is 5. The molecule has 0 spiro atoms. The van der Waals surface area contributed by atoms with Gasteiger partial charge in [0.15, 0.2) is 9.84 Å². The summed E-state index contributed by atoms with van der Waals surface area (Å²) in [4.78, 5) is 5.06. The SMILES string of the molecule is COCCOc1cccc2c(C)cc(-c3ccc(S(C)(=O)=O)cc3)nc12. The van der Waals surface area contributed by atoms with Crippen molar-refractivity contribution in [1.29, 1.82) is 0 Å². The fourth-order valence-electron chi connectivity index (χ4n) is 2.76. The number of para-hydroxylation sites is 1. The number of sulfone groups is 1. The van der Waals surface area contributed by atoms with Gasteiger partial charge in [-0.1, -0.05) is 24.3 Å². The van der Waals surface area contributed by atoms with Gasteiger partial charge in [-0.25, -0.2) is 13.4 Å². The number of nitrogens with zero attached hydrogens (tertiary/aromatic N) is 1. The van der Waals surface area contributed by atoms with Gasteiger partial charge in [-0.15, -0.1) is 0 Å². The molecule has 3 aromatic rings. The molecule has 0 atom stereocenters. The molecule has 0 aliphatic carbocycles. The number of fused-ring (bicyclic) bond motifs is 1. The van der Waals surface area contributed by atoms with Crippen LogP contribution in [0.4, 0.5) is 0 Å². The van der Waals surface area contributed by atoms with Gasteiger partial charge < -0.3 is 9.47 Å². The van der Waals surface area contributed by atoms with Crippen molar-refractivity contribution in [3.8, 4) is 17.0 Å². The van der Waals surface area contributed by atoms with Crippen LogP contribution in [0.15, 0.2) is 53.4 Å². The zero-order valence-electron chi connectivity index (χ0n) is 15.0. The molecule has 0 aliphatic rings. The van der Waals surface area contributed by atoms with E-state index in [4.69, 9.17) is 14.5 Å². The smallest absolute Gasteiger partial charge is 0.175 e. The van der Waals surface area contributed by atoms with Gasteiger partial charge >= 0.3 is 0 Å². The lowest BCUT2D eigenvalue weighted by atomic mass is 10.0. The summed E-state index contributed by atoms with van der Waals surface area (Å²) >= 11 is 0. The van der Waals surface area contributed by atoms with E-state index >= 15 is 0 Å². The molecular formula is C20H21NO4S. The molecule has 0 aliphatic heterocycles. The molecular weight excluding hydrogens is 350 g/mol. The van der Waals surface area contributed by atoms with E-state index in [2.05, 4.69) is 0 Å². The number of rotatable bonds is 6. The van der Waals surface area contributed by atoms with Crippen molar-refractivity contribution >= 4 is 20.7 Å². The Morgan fingerprint density at radius 3 is 2.42 bits per heavy atom. The molecule has 1 aromatic heterocycles. The number of methoxy groups -OCH3 is 1. The van der Waals surface area contributed by atoms with Gasteiger partial charge in [0.1, 0.15) is 17.9 Å². The van der Waals surface area contributed by atoms with Crippen LogP contribution in [0.25, 0.3) is 22.2 Å². The van der Waals surface area contributed by atoms with Gasteiger partial charge in [0.25, 0.3) is 0 Å². The topological polar surface area (TPSA) is 65.5 Å². The maximum Gasteiger partial charge on any atom is 0.175 e. The highest BCUT2D eigenvalue weighted by Crippen LogP contribution is 2.30. The lowest BCUT2D eigenvalue weighted by molar-refractivity contribution is 0.147. The Morgan fingerprint density at radius 2 is 1.77 bits per heavy atom. The minimum Gasteiger partial charge on any atom is -0.489 e. The standard InChI is InChI=1S/C20H21NO4S/c1-14-13-18(15-7-9-16(10-8-15)26(3,22)23)21-20-17(14)5-4-6-19(20)25-12-11-24-2/h4-10,13H,11-12H2,1-3H3. The van der Waals surface area contributed by atoms with Crippen LogP contribution in [0.3, 0.4) is 0 Å². The van der Waals surface area contributed by atoms with Crippen molar-refractivity contribution in [3.05, 3.63) is 54.1 Å². The van der Waals surface area contributed by atoms with E-state index in [1.165, 1.54) is 6.26 Å². The normalized spacial score (nSPS) is 11.7. The second-order valence-electron chi connectivity index (χ2n) is 6.11. The van der Waals surface area contributed by atoms with Gasteiger partial charge in [-0.2, -0.15) is 0 Å². The highest BCUT2D eigenvalue weighted by Gasteiger charge is 2.11. The second-order valence-corrected chi connectivity index (χ2v) is 8.13. The Morgan fingerprint density at radius 1 is 1.04 bits per heavy atom. The van der Waals surface area contributed by atoms with E-state index in [9.17, 15) is 8.42 Å². The summed E-state index contributed by atoms with van der Waals surface area (Å²) in [5.74, 6) is 0.706. The van der Waals surface area contributed by atoms with Crippen LogP contribution in [0, 0.1) is 6.92 Å². The average molecular weight is 371 g/mol. The molecule has 6 heteroatoms. The Hall–Kier alpha value is -2.44. The van der Waals surface area contributed by atoms with Crippen LogP contribution in [-0.4, -0.2) is 40.0 Å². The molecule has 0 N–H and O–H groups in total. The molecule has 0 fully saturated rings. The molecule has 0 unspecified atom stereocenters. The molecule has 1 heterocycles. The van der Waals surface area contributed by atoms with E-state index in [0.29, 0.717) is 23.9 Å². The molecule has 2 aromatic carbocycles. The van der Waals surface area contributed by atoms with E-state index in [1.807, 2.05) is 31.2 Å². The minimum atomic E-state index is -3.22.